The van der Waals surface area contributed by atoms with Crippen LogP contribution in [0, 0.1) is 0 Å². The van der Waals surface area contributed by atoms with Crippen LogP contribution in [0.2, 0.25) is 0 Å². The summed E-state index contributed by atoms with van der Waals surface area (Å²) >= 11 is 0. The number of carbonyl (C=O) groups is 1. The van der Waals surface area contributed by atoms with E-state index in [-0.39, 0.29) is 0 Å². The number of nitrogens with one attached hydrogen (secondary N) is 1. The van der Waals surface area contributed by atoms with Gasteiger partial charge in [0.1, 0.15) is 5.75 Å². The quantitative estimate of drug-likeness (QED) is 0.770. The van der Waals surface area contributed by atoms with E-state index in [2.05, 4.69) is 5.32 Å². The molecule has 0 unspecified atom stereocenters. The standard InChI is InChI=1S/C12H11NO2/c1-13-12(14)15-11-7-6-9-4-2-3-5-10(9)8-11/h2-8H,1H3,(H,13,14). The summed E-state index contributed by atoms with van der Waals surface area (Å²) in [6.45, 7) is 0. The normalized spacial score (nSPS) is 9.93. The van der Waals surface area contributed by atoms with Gasteiger partial charge in [0.05, 0.1) is 0 Å². The van der Waals surface area contributed by atoms with Gasteiger partial charge < -0.3 is 10.1 Å². The lowest BCUT2D eigenvalue weighted by Gasteiger charge is -2.04. The van der Waals surface area contributed by atoms with Crippen LogP contribution in [0.25, 0.3) is 10.8 Å². The number of ether oxygens (including phenoxy) is 1. The van der Waals surface area contributed by atoms with Crippen LogP contribution in [0.3, 0.4) is 0 Å². The van der Waals surface area contributed by atoms with Gasteiger partial charge in [0, 0.05) is 7.05 Å². The van der Waals surface area contributed by atoms with Crippen LogP contribution >= 0.6 is 0 Å². The Hall–Kier alpha value is -2.03. The highest BCUT2D eigenvalue weighted by Crippen LogP contribution is 2.20. The molecular formula is C12H11NO2. The molecule has 0 spiro atoms. The van der Waals surface area contributed by atoms with E-state index in [9.17, 15) is 4.79 Å². The Kier molecular flexibility index (Phi) is 2.54. The van der Waals surface area contributed by atoms with Gasteiger partial charge in [0.2, 0.25) is 0 Å². The zero-order valence-corrected chi connectivity index (χ0v) is 8.36. The molecule has 15 heavy (non-hydrogen) atoms. The summed E-state index contributed by atoms with van der Waals surface area (Å²) in [5.41, 5.74) is 0. The third-order valence-corrected chi connectivity index (χ3v) is 2.14. The van der Waals surface area contributed by atoms with Crippen molar-refractivity contribution in [2.75, 3.05) is 7.05 Å². The second-order valence-corrected chi connectivity index (χ2v) is 3.15. The van der Waals surface area contributed by atoms with Crippen molar-refractivity contribution >= 4 is 16.9 Å². The fourth-order valence-electron chi connectivity index (χ4n) is 1.39. The Morgan fingerprint density at radius 1 is 1.13 bits per heavy atom. The summed E-state index contributed by atoms with van der Waals surface area (Å²) in [5, 5.41) is 4.58. The topological polar surface area (TPSA) is 38.3 Å². The van der Waals surface area contributed by atoms with Gasteiger partial charge in [0.15, 0.2) is 0 Å². The summed E-state index contributed by atoms with van der Waals surface area (Å²) in [6.07, 6.45) is -0.453. The van der Waals surface area contributed by atoms with E-state index in [4.69, 9.17) is 4.74 Å². The maximum Gasteiger partial charge on any atom is 0.412 e. The molecule has 0 bridgehead atoms. The average molecular weight is 201 g/mol. The zero-order chi connectivity index (χ0) is 10.7. The van der Waals surface area contributed by atoms with Crippen molar-refractivity contribution in [1.29, 1.82) is 0 Å². The molecular weight excluding hydrogens is 190 g/mol. The largest absolute Gasteiger partial charge is 0.412 e. The molecule has 76 valence electrons. The van der Waals surface area contributed by atoms with Gasteiger partial charge in [-0.15, -0.1) is 0 Å². The summed E-state index contributed by atoms with van der Waals surface area (Å²) in [6, 6.07) is 13.5. The van der Waals surface area contributed by atoms with Crippen LogP contribution < -0.4 is 10.1 Å². The number of hydrogen-bond acceptors (Lipinski definition) is 2. The van der Waals surface area contributed by atoms with Crippen molar-refractivity contribution in [3.63, 3.8) is 0 Å². The van der Waals surface area contributed by atoms with Gasteiger partial charge in [-0.2, -0.15) is 0 Å². The predicted molar refractivity (Wildman–Crippen MR) is 59.0 cm³/mol. The Morgan fingerprint density at radius 3 is 2.60 bits per heavy atom. The smallest absolute Gasteiger partial charge is 0.410 e. The molecule has 2 aromatic rings. The number of carbonyl (C=O) groups excluding carboxylic acids is 1. The Bertz CT molecular complexity index is 494. The molecule has 0 aliphatic carbocycles. The second-order valence-electron chi connectivity index (χ2n) is 3.15. The van der Waals surface area contributed by atoms with E-state index < -0.39 is 6.09 Å². The highest BCUT2D eigenvalue weighted by Gasteiger charge is 2.01. The lowest BCUT2D eigenvalue weighted by atomic mass is 10.1. The predicted octanol–water partition coefficient (Wildman–Crippen LogP) is 2.56. The minimum absolute atomic E-state index is 0.453. The Morgan fingerprint density at radius 2 is 1.87 bits per heavy atom. The molecule has 3 heteroatoms. The molecule has 0 aliphatic heterocycles. The van der Waals surface area contributed by atoms with E-state index in [1.54, 1.807) is 6.07 Å². The minimum Gasteiger partial charge on any atom is -0.410 e. The van der Waals surface area contributed by atoms with Crippen LogP contribution in [-0.4, -0.2) is 13.1 Å². The molecule has 0 radical (unpaired) electrons. The van der Waals surface area contributed by atoms with Crippen LogP contribution in [0.1, 0.15) is 0 Å². The number of hydrogen-bond donors (Lipinski definition) is 1. The molecule has 3 nitrogen and oxygen atoms in total. The molecule has 2 rings (SSSR count). The van der Waals surface area contributed by atoms with E-state index in [1.165, 1.54) is 7.05 Å². The minimum atomic E-state index is -0.453. The average Bonchev–Trinajstić information content (AvgIpc) is 2.29. The number of amides is 1. The van der Waals surface area contributed by atoms with Crippen molar-refractivity contribution in [1.82, 2.24) is 5.32 Å². The van der Waals surface area contributed by atoms with E-state index in [0.29, 0.717) is 5.75 Å². The van der Waals surface area contributed by atoms with Crippen molar-refractivity contribution in [3.8, 4) is 5.75 Å². The summed E-state index contributed by atoms with van der Waals surface area (Å²) in [4.78, 5) is 11.0. The first-order valence-corrected chi connectivity index (χ1v) is 4.68. The van der Waals surface area contributed by atoms with Gasteiger partial charge in [-0.1, -0.05) is 30.3 Å². The van der Waals surface area contributed by atoms with Crippen molar-refractivity contribution in [2.24, 2.45) is 0 Å². The maximum atomic E-state index is 11.0. The van der Waals surface area contributed by atoms with Gasteiger partial charge in [-0.3, -0.25) is 0 Å². The Labute approximate surface area is 87.7 Å². The molecule has 0 fully saturated rings. The molecule has 0 atom stereocenters. The highest BCUT2D eigenvalue weighted by molar-refractivity contribution is 5.84. The second kappa shape index (κ2) is 4.00. The van der Waals surface area contributed by atoms with Crippen molar-refractivity contribution in [2.45, 2.75) is 0 Å². The van der Waals surface area contributed by atoms with E-state index in [0.717, 1.165) is 10.8 Å². The van der Waals surface area contributed by atoms with Crippen LogP contribution in [0.15, 0.2) is 42.5 Å². The summed E-state index contributed by atoms with van der Waals surface area (Å²) in [5.74, 6) is 0.549. The van der Waals surface area contributed by atoms with Crippen molar-refractivity contribution in [3.05, 3.63) is 42.5 Å². The molecule has 0 heterocycles. The van der Waals surface area contributed by atoms with Gasteiger partial charge in [-0.05, 0) is 22.9 Å². The molecule has 2 aromatic carbocycles. The Balaban J connectivity index is 2.34. The zero-order valence-electron chi connectivity index (χ0n) is 8.36. The number of fused-ring (bicyclic) bond motifs is 1. The molecule has 1 N–H and O–H groups in total. The number of benzene rings is 2. The molecule has 0 saturated carbocycles. The molecule has 1 amide bonds. The lowest BCUT2D eigenvalue weighted by Crippen LogP contribution is -2.21. The highest BCUT2D eigenvalue weighted by atomic mass is 16.5. The molecule has 0 aliphatic rings. The first-order valence-electron chi connectivity index (χ1n) is 4.68. The fourth-order valence-corrected chi connectivity index (χ4v) is 1.39. The summed E-state index contributed by atoms with van der Waals surface area (Å²) in [7, 11) is 1.53. The summed E-state index contributed by atoms with van der Waals surface area (Å²) < 4.78 is 5.02. The fraction of sp³-hybridized carbons (Fsp3) is 0.0833. The van der Waals surface area contributed by atoms with Gasteiger partial charge in [0.25, 0.3) is 0 Å². The van der Waals surface area contributed by atoms with Gasteiger partial charge >= 0.3 is 6.09 Å². The van der Waals surface area contributed by atoms with Crippen LogP contribution in [0.4, 0.5) is 4.79 Å². The third kappa shape index (κ3) is 2.07. The SMILES string of the molecule is CNC(=O)Oc1ccc2ccccc2c1. The monoisotopic (exact) mass is 201 g/mol. The maximum absolute atomic E-state index is 11.0. The molecule has 0 aromatic heterocycles. The first-order chi connectivity index (χ1) is 7.29. The lowest BCUT2D eigenvalue weighted by molar-refractivity contribution is 0.203. The van der Waals surface area contributed by atoms with E-state index >= 15 is 0 Å². The third-order valence-electron chi connectivity index (χ3n) is 2.14. The van der Waals surface area contributed by atoms with Gasteiger partial charge in [-0.25, -0.2) is 4.79 Å². The van der Waals surface area contributed by atoms with E-state index in [1.807, 2.05) is 36.4 Å². The van der Waals surface area contributed by atoms with Crippen molar-refractivity contribution < 1.29 is 9.53 Å². The van der Waals surface area contributed by atoms with Crippen LogP contribution in [0.5, 0.6) is 5.75 Å². The first kappa shape index (κ1) is 9.52. The molecule has 0 saturated heterocycles. The number of rotatable bonds is 1. The van der Waals surface area contributed by atoms with Crippen LogP contribution in [-0.2, 0) is 0 Å².